The van der Waals surface area contributed by atoms with Crippen molar-refractivity contribution in [3.8, 4) is 0 Å². The highest BCUT2D eigenvalue weighted by atomic mass is 16.6. The van der Waals surface area contributed by atoms with E-state index in [1.165, 1.54) is 47.0 Å². The fourth-order valence-electron chi connectivity index (χ4n) is 2.88. The zero-order valence-electron chi connectivity index (χ0n) is 16.3. The van der Waals surface area contributed by atoms with Gasteiger partial charge in [-0.15, -0.1) is 0 Å². The van der Waals surface area contributed by atoms with Crippen LogP contribution in [0.15, 0.2) is 59.4 Å². The van der Waals surface area contributed by atoms with Gasteiger partial charge in [0.15, 0.2) is 0 Å². The van der Waals surface area contributed by atoms with E-state index in [4.69, 9.17) is 4.74 Å². The molecule has 1 aromatic heterocycles. The number of hydrogen-bond donors (Lipinski definition) is 1. The Kier molecular flexibility index (Phi) is 5.91. The van der Waals surface area contributed by atoms with Crippen molar-refractivity contribution in [1.82, 2.24) is 4.57 Å². The molecule has 3 aromatic rings. The van der Waals surface area contributed by atoms with Crippen molar-refractivity contribution in [1.29, 1.82) is 0 Å². The summed E-state index contributed by atoms with van der Waals surface area (Å²) in [5.74, 6) is -0.917. The van der Waals surface area contributed by atoms with Crippen LogP contribution in [0.2, 0.25) is 0 Å². The second-order valence-corrected chi connectivity index (χ2v) is 6.84. The van der Waals surface area contributed by atoms with E-state index in [9.17, 15) is 24.5 Å². The number of esters is 1. The number of anilines is 1. The van der Waals surface area contributed by atoms with Crippen molar-refractivity contribution in [3.63, 3.8) is 0 Å². The molecular weight excluding hydrogens is 390 g/mol. The van der Waals surface area contributed by atoms with Crippen molar-refractivity contribution in [3.05, 3.63) is 80.6 Å². The van der Waals surface area contributed by atoms with Crippen LogP contribution in [0.4, 0.5) is 11.4 Å². The van der Waals surface area contributed by atoms with E-state index in [1.54, 1.807) is 26.0 Å². The third-order valence-electron chi connectivity index (χ3n) is 4.23. The molecule has 0 unspecified atom stereocenters. The summed E-state index contributed by atoms with van der Waals surface area (Å²) in [4.78, 5) is 47.0. The van der Waals surface area contributed by atoms with E-state index < -0.39 is 22.4 Å². The first-order valence-corrected chi connectivity index (χ1v) is 9.13. The van der Waals surface area contributed by atoms with Crippen molar-refractivity contribution < 1.29 is 19.2 Å². The number of aromatic nitrogens is 1. The van der Waals surface area contributed by atoms with Crippen LogP contribution in [0, 0.1) is 10.1 Å². The molecule has 1 heterocycles. The van der Waals surface area contributed by atoms with Gasteiger partial charge in [0.05, 0.1) is 22.1 Å². The SMILES string of the molecule is CC(C)OC(=O)c1ccc(NC(=O)Cn2c(=O)ccc3cc([N+](=O)[O-])ccc32)cc1. The first-order valence-electron chi connectivity index (χ1n) is 9.13. The zero-order chi connectivity index (χ0) is 21.8. The molecule has 0 radical (unpaired) electrons. The van der Waals surface area contributed by atoms with Crippen LogP contribution in [-0.4, -0.2) is 27.5 Å². The molecule has 0 atom stereocenters. The van der Waals surface area contributed by atoms with Crippen LogP contribution in [0.3, 0.4) is 0 Å². The van der Waals surface area contributed by atoms with Gasteiger partial charge in [-0.05, 0) is 50.2 Å². The van der Waals surface area contributed by atoms with Crippen LogP contribution < -0.4 is 10.9 Å². The lowest BCUT2D eigenvalue weighted by molar-refractivity contribution is -0.384. The monoisotopic (exact) mass is 409 g/mol. The Hall–Kier alpha value is -4.01. The number of carbonyl (C=O) groups is 2. The number of rotatable bonds is 6. The molecule has 30 heavy (non-hydrogen) atoms. The average molecular weight is 409 g/mol. The molecule has 0 bridgehead atoms. The number of non-ortho nitro benzene ring substituents is 1. The fourth-order valence-corrected chi connectivity index (χ4v) is 2.88. The number of hydrogen-bond acceptors (Lipinski definition) is 6. The fraction of sp³-hybridized carbons (Fsp3) is 0.190. The number of nitrogens with zero attached hydrogens (tertiary/aromatic N) is 2. The Morgan fingerprint density at radius 2 is 1.80 bits per heavy atom. The van der Waals surface area contributed by atoms with E-state index in [0.29, 0.717) is 22.2 Å². The Morgan fingerprint density at radius 1 is 1.10 bits per heavy atom. The molecule has 0 saturated heterocycles. The quantitative estimate of drug-likeness (QED) is 0.379. The predicted molar refractivity (Wildman–Crippen MR) is 110 cm³/mol. The smallest absolute Gasteiger partial charge is 0.338 e. The normalized spacial score (nSPS) is 10.8. The maximum Gasteiger partial charge on any atom is 0.338 e. The molecule has 0 aliphatic rings. The molecule has 9 nitrogen and oxygen atoms in total. The minimum Gasteiger partial charge on any atom is -0.459 e. The predicted octanol–water partition coefficient (Wildman–Crippen LogP) is 3.11. The highest BCUT2D eigenvalue weighted by Crippen LogP contribution is 2.20. The maximum atomic E-state index is 12.4. The lowest BCUT2D eigenvalue weighted by atomic mass is 10.2. The first kappa shape index (κ1) is 20.7. The molecule has 0 saturated carbocycles. The molecule has 9 heteroatoms. The summed E-state index contributed by atoms with van der Waals surface area (Å²) >= 11 is 0. The molecule has 0 fully saturated rings. The number of amides is 1. The zero-order valence-corrected chi connectivity index (χ0v) is 16.3. The standard InChI is InChI=1S/C21H19N3O6/c1-13(2)30-21(27)14-3-6-16(7-4-14)22-19(25)12-23-18-9-8-17(24(28)29)11-15(18)5-10-20(23)26/h3-11,13H,12H2,1-2H3,(H,22,25). The van der Waals surface area contributed by atoms with Gasteiger partial charge in [-0.25, -0.2) is 4.79 Å². The van der Waals surface area contributed by atoms with Gasteiger partial charge in [0, 0.05) is 29.3 Å². The van der Waals surface area contributed by atoms with Crippen molar-refractivity contribution >= 4 is 34.2 Å². The second kappa shape index (κ2) is 8.56. The summed E-state index contributed by atoms with van der Waals surface area (Å²) in [7, 11) is 0. The average Bonchev–Trinajstić information content (AvgIpc) is 2.69. The van der Waals surface area contributed by atoms with Crippen molar-refractivity contribution in [2.24, 2.45) is 0 Å². The van der Waals surface area contributed by atoms with E-state index in [1.807, 2.05) is 0 Å². The van der Waals surface area contributed by atoms with Gasteiger partial charge < -0.3 is 10.1 Å². The minimum atomic E-state index is -0.526. The Morgan fingerprint density at radius 3 is 2.43 bits per heavy atom. The molecule has 154 valence electrons. The molecule has 0 aliphatic carbocycles. The summed E-state index contributed by atoms with van der Waals surface area (Å²) in [5, 5.41) is 14.1. The number of benzene rings is 2. The molecule has 1 N–H and O–H groups in total. The topological polar surface area (TPSA) is 121 Å². The number of pyridine rings is 1. The van der Waals surface area contributed by atoms with Gasteiger partial charge in [-0.3, -0.25) is 24.3 Å². The third-order valence-corrected chi connectivity index (χ3v) is 4.23. The van der Waals surface area contributed by atoms with E-state index in [2.05, 4.69) is 5.32 Å². The van der Waals surface area contributed by atoms with Crippen molar-refractivity contribution in [2.45, 2.75) is 26.5 Å². The summed E-state index contributed by atoms with van der Waals surface area (Å²) in [6.45, 7) is 3.23. The van der Waals surface area contributed by atoms with Crippen molar-refractivity contribution in [2.75, 3.05) is 5.32 Å². The third kappa shape index (κ3) is 4.69. The molecular formula is C21H19N3O6. The van der Waals surface area contributed by atoms with E-state index in [-0.39, 0.29) is 18.3 Å². The van der Waals surface area contributed by atoms with Gasteiger partial charge in [-0.2, -0.15) is 0 Å². The summed E-state index contributed by atoms with van der Waals surface area (Å²) < 4.78 is 6.35. The van der Waals surface area contributed by atoms with Crippen LogP contribution in [0.1, 0.15) is 24.2 Å². The molecule has 2 aromatic carbocycles. The number of nitro benzene ring substituents is 1. The molecule has 1 amide bonds. The maximum absolute atomic E-state index is 12.4. The minimum absolute atomic E-state index is 0.103. The van der Waals surface area contributed by atoms with E-state index in [0.717, 1.165) is 0 Å². The summed E-state index contributed by atoms with van der Waals surface area (Å²) in [6.07, 6.45) is -0.239. The number of ether oxygens (including phenoxy) is 1. The van der Waals surface area contributed by atoms with Gasteiger partial charge >= 0.3 is 5.97 Å². The van der Waals surface area contributed by atoms with Crippen LogP contribution >= 0.6 is 0 Å². The number of nitrogens with one attached hydrogen (secondary N) is 1. The van der Waals surface area contributed by atoms with Gasteiger partial charge in [0.2, 0.25) is 5.91 Å². The van der Waals surface area contributed by atoms with Crippen LogP contribution in [0.25, 0.3) is 10.9 Å². The number of fused-ring (bicyclic) bond motifs is 1. The van der Waals surface area contributed by atoms with Crippen LogP contribution in [0.5, 0.6) is 0 Å². The Bertz CT molecular complexity index is 1180. The number of carbonyl (C=O) groups excluding carboxylic acids is 2. The lowest BCUT2D eigenvalue weighted by Gasteiger charge is -2.11. The Balaban J connectivity index is 1.77. The first-order chi connectivity index (χ1) is 14.2. The van der Waals surface area contributed by atoms with Crippen LogP contribution in [-0.2, 0) is 16.1 Å². The Labute approximate surface area is 171 Å². The lowest BCUT2D eigenvalue weighted by Crippen LogP contribution is -2.27. The highest BCUT2D eigenvalue weighted by molar-refractivity contribution is 5.93. The molecule has 0 aliphatic heterocycles. The highest BCUT2D eigenvalue weighted by Gasteiger charge is 2.13. The summed E-state index contributed by atoms with van der Waals surface area (Å²) in [6, 6.07) is 13.0. The number of nitro groups is 1. The molecule has 0 spiro atoms. The van der Waals surface area contributed by atoms with Gasteiger partial charge in [-0.1, -0.05) is 0 Å². The largest absolute Gasteiger partial charge is 0.459 e. The summed E-state index contributed by atoms with van der Waals surface area (Å²) in [5.41, 5.74) is 0.708. The van der Waals surface area contributed by atoms with Gasteiger partial charge in [0.25, 0.3) is 11.2 Å². The van der Waals surface area contributed by atoms with E-state index >= 15 is 0 Å². The molecule has 3 rings (SSSR count). The van der Waals surface area contributed by atoms with Gasteiger partial charge in [0.1, 0.15) is 6.54 Å². The second-order valence-electron chi connectivity index (χ2n) is 6.84.